The number of halogens is 1. The third-order valence-electron chi connectivity index (χ3n) is 1.29. The summed E-state index contributed by atoms with van der Waals surface area (Å²) in [6.45, 7) is 0. The SMILES string of the molecule is N#Cc1cccc(Br)c1C=O. The third kappa shape index (κ3) is 1.47. The van der Waals surface area contributed by atoms with Gasteiger partial charge in [-0.3, -0.25) is 4.79 Å². The molecule has 0 atom stereocenters. The molecule has 0 saturated heterocycles. The number of benzene rings is 1. The van der Waals surface area contributed by atoms with Crippen LogP contribution in [0.1, 0.15) is 15.9 Å². The molecule has 11 heavy (non-hydrogen) atoms. The first-order chi connectivity index (χ1) is 5.29. The van der Waals surface area contributed by atoms with Gasteiger partial charge in [0.25, 0.3) is 0 Å². The maximum absolute atomic E-state index is 10.4. The number of nitrogens with zero attached hydrogens (tertiary/aromatic N) is 1. The minimum Gasteiger partial charge on any atom is -0.298 e. The van der Waals surface area contributed by atoms with Gasteiger partial charge in [-0.1, -0.05) is 22.0 Å². The molecule has 0 heterocycles. The van der Waals surface area contributed by atoms with E-state index in [2.05, 4.69) is 15.9 Å². The zero-order valence-electron chi connectivity index (χ0n) is 5.54. The molecule has 1 rings (SSSR count). The molecule has 0 bridgehead atoms. The van der Waals surface area contributed by atoms with Gasteiger partial charge in [-0.05, 0) is 12.1 Å². The second kappa shape index (κ2) is 3.31. The topological polar surface area (TPSA) is 40.9 Å². The van der Waals surface area contributed by atoms with Gasteiger partial charge in [-0.15, -0.1) is 0 Å². The Morgan fingerprint density at radius 2 is 2.27 bits per heavy atom. The molecule has 54 valence electrons. The maximum atomic E-state index is 10.4. The monoisotopic (exact) mass is 209 g/mol. The zero-order valence-corrected chi connectivity index (χ0v) is 7.13. The smallest absolute Gasteiger partial charge is 0.152 e. The number of nitriles is 1. The Labute approximate surface area is 72.6 Å². The Hall–Kier alpha value is -1.14. The van der Waals surface area contributed by atoms with Gasteiger partial charge in [0.2, 0.25) is 0 Å². The van der Waals surface area contributed by atoms with Crippen LogP contribution in [0.3, 0.4) is 0 Å². The summed E-state index contributed by atoms with van der Waals surface area (Å²) >= 11 is 3.17. The fourth-order valence-electron chi connectivity index (χ4n) is 0.754. The van der Waals surface area contributed by atoms with E-state index in [9.17, 15) is 4.79 Å². The van der Waals surface area contributed by atoms with Crippen LogP contribution in [0.15, 0.2) is 22.7 Å². The van der Waals surface area contributed by atoms with E-state index in [0.717, 1.165) is 0 Å². The van der Waals surface area contributed by atoms with Crippen LogP contribution in [0.2, 0.25) is 0 Å². The molecule has 1 aromatic carbocycles. The van der Waals surface area contributed by atoms with Gasteiger partial charge < -0.3 is 0 Å². The predicted molar refractivity (Wildman–Crippen MR) is 44.2 cm³/mol. The van der Waals surface area contributed by atoms with Crippen molar-refractivity contribution in [1.29, 1.82) is 5.26 Å². The Balaban J connectivity index is 3.38. The highest BCUT2D eigenvalue weighted by atomic mass is 79.9. The molecule has 0 N–H and O–H groups in total. The second-order valence-corrected chi connectivity index (χ2v) is 2.79. The zero-order chi connectivity index (χ0) is 8.27. The molecule has 0 fully saturated rings. The molecule has 0 spiro atoms. The van der Waals surface area contributed by atoms with Crippen molar-refractivity contribution in [2.45, 2.75) is 0 Å². The number of rotatable bonds is 1. The van der Waals surface area contributed by atoms with Crippen molar-refractivity contribution in [3.8, 4) is 6.07 Å². The van der Waals surface area contributed by atoms with Crippen molar-refractivity contribution in [2.24, 2.45) is 0 Å². The second-order valence-electron chi connectivity index (χ2n) is 1.93. The molecule has 1 aromatic rings. The molecule has 0 aliphatic rings. The van der Waals surface area contributed by atoms with E-state index in [-0.39, 0.29) is 0 Å². The number of carbonyl (C=O) groups excluding carboxylic acids is 1. The summed E-state index contributed by atoms with van der Waals surface area (Å²) < 4.78 is 0.659. The third-order valence-corrected chi connectivity index (χ3v) is 1.98. The molecule has 0 aliphatic carbocycles. The highest BCUT2D eigenvalue weighted by Gasteiger charge is 2.02. The lowest BCUT2D eigenvalue weighted by Crippen LogP contribution is -1.87. The lowest BCUT2D eigenvalue weighted by molar-refractivity contribution is 0.112. The van der Waals surface area contributed by atoms with Crippen LogP contribution < -0.4 is 0 Å². The van der Waals surface area contributed by atoms with Gasteiger partial charge in [0, 0.05) is 10.0 Å². The van der Waals surface area contributed by atoms with Crippen LogP contribution in [0.4, 0.5) is 0 Å². The summed E-state index contributed by atoms with van der Waals surface area (Å²) in [4.78, 5) is 10.4. The summed E-state index contributed by atoms with van der Waals surface area (Å²) in [5.74, 6) is 0. The molecule has 0 radical (unpaired) electrons. The normalized spacial score (nSPS) is 8.73. The minimum atomic E-state index is 0.398. The van der Waals surface area contributed by atoms with Crippen LogP contribution in [-0.2, 0) is 0 Å². The van der Waals surface area contributed by atoms with Gasteiger partial charge in [-0.2, -0.15) is 5.26 Å². The average molecular weight is 210 g/mol. The van der Waals surface area contributed by atoms with Crippen molar-refractivity contribution in [1.82, 2.24) is 0 Å². The lowest BCUT2D eigenvalue weighted by Gasteiger charge is -1.95. The van der Waals surface area contributed by atoms with Crippen LogP contribution in [0, 0.1) is 11.3 Å². The molecular weight excluding hydrogens is 206 g/mol. The highest BCUT2D eigenvalue weighted by molar-refractivity contribution is 9.10. The summed E-state index contributed by atoms with van der Waals surface area (Å²) in [6.07, 6.45) is 0.669. The molecule has 2 nitrogen and oxygen atoms in total. The number of aldehydes is 1. The highest BCUT2D eigenvalue weighted by Crippen LogP contribution is 2.17. The first-order valence-electron chi connectivity index (χ1n) is 2.93. The van der Waals surface area contributed by atoms with Gasteiger partial charge in [0.05, 0.1) is 11.6 Å². The quantitative estimate of drug-likeness (QED) is 0.666. The van der Waals surface area contributed by atoms with Gasteiger partial charge in [0.1, 0.15) is 0 Å². The number of hydrogen-bond acceptors (Lipinski definition) is 2. The Morgan fingerprint density at radius 1 is 1.55 bits per heavy atom. The molecule has 0 amide bonds. The van der Waals surface area contributed by atoms with Crippen LogP contribution in [-0.4, -0.2) is 6.29 Å². The minimum absolute atomic E-state index is 0.398. The van der Waals surface area contributed by atoms with Crippen molar-refractivity contribution in [2.75, 3.05) is 0 Å². The largest absolute Gasteiger partial charge is 0.298 e. The van der Waals surface area contributed by atoms with Crippen molar-refractivity contribution in [3.63, 3.8) is 0 Å². The fraction of sp³-hybridized carbons (Fsp3) is 0. The summed E-state index contributed by atoms with van der Waals surface area (Å²) in [5.41, 5.74) is 0.810. The van der Waals surface area contributed by atoms with Crippen LogP contribution in [0.5, 0.6) is 0 Å². The van der Waals surface area contributed by atoms with Gasteiger partial charge >= 0.3 is 0 Å². The first kappa shape index (κ1) is 7.96. The molecule has 3 heteroatoms. The van der Waals surface area contributed by atoms with E-state index in [1.165, 1.54) is 0 Å². The van der Waals surface area contributed by atoms with E-state index < -0.39 is 0 Å². The Bertz CT molecular complexity index is 327. The lowest BCUT2D eigenvalue weighted by atomic mass is 10.1. The summed E-state index contributed by atoms with van der Waals surface area (Å²) in [5, 5.41) is 8.54. The van der Waals surface area contributed by atoms with E-state index in [4.69, 9.17) is 5.26 Å². The molecule has 0 aliphatic heterocycles. The molecule has 0 aromatic heterocycles. The fourth-order valence-corrected chi connectivity index (χ4v) is 1.21. The maximum Gasteiger partial charge on any atom is 0.152 e. The Kier molecular flexibility index (Phi) is 2.40. The van der Waals surface area contributed by atoms with Gasteiger partial charge in [0.15, 0.2) is 6.29 Å². The van der Waals surface area contributed by atoms with Crippen molar-refractivity contribution in [3.05, 3.63) is 33.8 Å². The summed E-state index contributed by atoms with van der Waals surface area (Å²) in [7, 11) is 0. The average Bonchev–Trinajstić information content (AvgIpc) is 2.04. The van der Waals surface area contributed by atoms with Crippen LogP contribution >= 0.6 is 15.9 Å². The summed E-state index contributed by atoms with van der Waals surface area (Å²) in [6, 6.07) is 6.98. The van der Waals surface area contributed by atoms with E-state index in [1.807, 2.05) is 6.07 Å². The van der Waals surface area contributed by atoms with Crippen LogP contribution in [0.25, 0.3) is 0 Å². The predicted octanol–water partition coefficient (Wildman–Crippen LogP) is 2.13. The number of carbonyl (C=O) groups is 1. The first-order valence-corrected chi connectivity index (χ1v) is 3.72. The van der Waals surface area contributed by atoms with Gasteiger partial charge in [-0.25, -0.2) is 0 Å². The molecular formula is C8H4BrNO. The standard InChI is InChI=1S/C8H4BrNO/c9-8-3-1-2-6(4-10)7(8)5-11/h1-3,5H. The van der Waals surface area contributed by atoms with E-state index in [0.29, 0.717) is 21.9 Å². The van der Waals surface area contributed by atoms with E-state index >= 15 is 0 Å². The van der Waals surface area contributed by atoms with Crippen molar-refractivity contribution < 1.29 is 4.79 Å². The Morgan fingerprint density at radius 3 is 2.73 bits per heavy atom. The number of hydrogen-bond donors (Lipinski definition) is 0. The van der Waals surface area contributed by atoms with E-state index in [1.54, 1.807) is 18.2 Å². The molecule has 0 saturated carbocycles. The van der Waals surface area contributed by atoms with Crippen molar-refractivity contribution >= 4 is 22.2 Å². The molecule has 0 unspecified atom stereocenters.